The molecule has 0 aliphatic carbocycles. The summed E-state index contributed by atoms with van der Waals surface area (Å²) in [4.78, 5) is 4.21. The van der Waals surface area contributed by atoms with E-state index in [1.54, 1.807) is 11.0 Å². The van der Waals surface area contributed by atoms with E-state index >= 15 is 0 Å². The lowest BCUT2D eigenvalue weighted by Crippen LogP contribution is -2.17. The van der Waals surface area contributed by atoms with Crippen LogP contribution < -0.4 is 5.73 Å². The number of hydrogen-bond acceptors (Lipinski definition) is 3. The summed E-state index contributed by atoms with van der Waals surface area (Å²) in [6.07, 6.45) is 2.33. The first kappa shape index (κ1) is 12.1. The van der Waals surface area contributed by atoms with E-state index in [0.29, 0.717) is 6.54 Å². The molecule has 0 fully saturated rings. The van der Waals surface area contributed by atoms with Crippen molar-refractivity contribution in [1.82, 2.24) is 14.8 Å². The second-order valence-corrected chi connectivity index (χ2v) is 4.43. The second kappa shape index (κ2) is 5.29. The van der Waals surface area contributed by atoms with Crippen molar-refractivity contribution < 1.29 is 0 Å². The molecule has 1 unspecified atom stereocenters. The van der Waals surface area contributed by atoms with Gasteiger partial charge in [-0.15, -0.1) is 0 Å². The van der Waals surface area contributed by atoms with Crippen molar-refractivity contribution in [1.29, 1.82) is 0 Å². The van der Waals surface area contributed by atoms with Crippen molar-refractivity contribution in [3.8, 4) is 0 Å². The minimum atomic E-state index is 0.219. The van der Waals surface area contributed by atoms with Gasteiger partial charge in [-0.2, -0.15) is 5.10 Å². The summed E-state index contributed by atoms with van der Waals surface area (Å²) in [5.74, 6) is 1.15. The molecule has 1 aromatic carbocycles. The molecule has 0 amide bonds. The molecule has 2 N–H and O–H groups in total. The van der Waals surface area contributed by atoms with E-state index in [0.717, 1.165) is 22.8 Å². The van der Waals surface area contributed by atoms with Crippen LogP contribution in [0.4, 0.5) is 0 Å². The van der Waals surface area contributed by atoms with Crippen LogP contribution in [0.2, 0.25) is 5.02 Å². The number of rotatable bonds is 4. The predicted octanol–water partition coefficient (Wildman–Crippen LogP) is 1.75. The van der Waals surface area contributed by atoms with Crippen molar-refractivity contribution in [3.63, 3.8) is 0 Å². The third-order valence-corrected chi connectivity index (χ3v) is 3.07. The number of hydrogen-bond donors (Lipinski definition) is 1. The van der Waals surface area contributed by atoms with Crippen LogP contribution in [0.5, 0.6) is 0 Å². The fourth-order valence-corrected chi connectivity index (χ4v) is 2.02. The number of nitrogens with zero attached hydrogens (tertiary/aromatic N) is 3. The molecule has 0 spiro atoms. The third kappa shape index (κ3) is 2.84. The van der Waals surface area contributed by atoms with Crippen LogP contribution in [-0.2, 0) is 13.5 Å². The third-order valence-electron chi connectivity index (χ3n) is 2.84. The fourth-order valence-electron chi connectivity index (χ4n) is 1.82. The average Bonchev–Trinajstić information content (AvgIpc) is 2.71. The molecule has 1 atom stereocenters. The molecule has 1 heterocycles. The molecule has 17 heavy (non-hydrogen) atoms. The Labute approximate surface area is 105 Å². The summed E-state index contributed by atoms with van der Waals surface area (Å²) in [7, 11) is 1.88. The van der Waals surface area contributed by atoms with Gasteiger partial charge >= 0.3 is 0 Å². The highest BCUT2D eigenvalue weighted by Crippen LogP contribution is 2.21. The average molecular weight is 251 g/mol. The minimum Gasteiger partial charge on any atom is -0.330 e. The zero-order chi connectivity index (χ0) is 12.3. The maximum absolute atomic E-state index is 5.99. The first-order chi connectivity index (χ1) is 8.20. The Morgan fingerprint density at radius 3 is 2.88 bits per heavy atom. The van der Waals surface area contributed by atoms with Crippen LogP contribution in [0, 0.1) is 0 Å². The summed E-state index contributed by atoms with van der Waals surface area (Å²) in [5.41, 5.74) is 6.96. The smallest absolute Gasteiger partial charge is 0.138 e. The molecule has 4 nitrogen and oxygen atoms in total. The fraction of sp³-hybridized carbons (Fsp3) is 0.333. The monoisotopic (exact) mass is 250 g/mol. The molecule has 0 radical (unpaired) electrons. The van der Waals surface area contributed by atoms with Crippen LogP contribution >= 0.6 is 11.6 Å². The molecule has 0 saturated heterocycles. The van der Waals surface area contributed by atoms with Crippen LogP contribution in [0.15, 0.2) is 30.6 Å². The van der Waals surface area contributed by atoms with Crippen LogP contribution in [0.25, 0.3) is 0 Å². The van der Waals surface area contributed by atoms with Gasteiger partial charge < -0.3 is 5.73 Å². The summed E-state index contributed by atoms with van der Waals surface area (Å²) in [5, 5.41) is 4.79. The summed E-state index contributed by atoms with van der Waals surface area (Å²) in [6, 6.07) is 7.80. The Kier molecular flexibility index (Phi) is 3.76. The quantitative estimate of drug-likeness (QED) is 0.900. The molecule has 90 valence electrons. The van der Waals surface area contributed by atoms with Gasteiger partial charge in [-0.1, -0.05) is 23.7 Å². The highest BCUT2D eigenvalue weighted by atomic mass is 35.5. The Hall–Kier alpha value is -1.39. The topological polar surface area (TPSA) is 56.7 Å². The SMILES string of the molecule is Cn1ncnc1CC(CN)c1cccc(Cl)c1. The Morgan fingerprint density at radius 1 is 1.47 bits per heavy atom. The summed E-state index contributed by atoms with van der Waals surface area (Å²) < 4.78 is 1.77. The van der Waals surface area contributed by atoms with Gasteiger partial charge in [0.25, 0.3) is 0 Å². The maximum Gasteiger partial charge on any atom is 0.138 e. The highest BCUT2D eigenvalue weighted by molar-refractivity contribution is 6.30. The zero-order valence-electron chi connectivity index (χ0n) is 9.68. The molecule has 5 heteroatoms. The maximum atomic E-state index is 5.99. The van der Waals surface area contributed by atoms with Crippen LogP contribution in [-0.4, -0.2) is 21.3 Å². The van der Waals surface area contributed by atoms with Gasteiger partial charge in [-0.05, 0) is 24.2 Å². The molecule has 2 aromatic rings. The van der Waals surface area contributed by atoms with Gasteiger partial charge in [0.05, 0.1) is 0 Å². The number of halogens is 1. The van der Waals surface area contributed by atoms with Gasteiger partial charge in [0, 0.05) is 24.4 Å². The van der Waals surface area contributed by atoms with E-state index in [1.807, 2.05) is 31.3 Å². The molecule has 0 saturated carbocycles. The van der Waals surface area contributed by atoms with Crippen molar-refractivity contribution in [3.05, 3.63) is 47.0 Å². The lowest BCUT2D eigenvalue weighted by molar-refractivity contribution is 0.619. The van der Waals surface area contributed by atoms with Crippen molar-refractivity contribution in [2.45, 2.75) is 12.3 Å². The van der Waals surface area contributed by atoms with Gasteiger partial charge in [0.1, 0.15) is 12.2 Å². The Bertz CT molecular complexity index is 495. The largest absolute Gasteiger partial charge is 0.330 e. The molecule has 1 aromatic heterocycles. The summed E-state index contributed by atoms with van der Waals surface area (Å²) in [6.45, 7) is 0.563. The van der Waals surface area contributed by atoms with Gasteiger partial charge in [-0.25, -0.2) is 4.98 Å². The number of aromatic nitrogens is 3. The lowest BCUT2D eigenvalue weighted by Gasteiger charge is -2.14. The van der Waals surface area contributed by atoms with Gasteiger partial charge in [0.2, 0.25) is 0 Å². The van der Waals surface area contributed by atoms with E-state index < -0.39 is 0 Å². The minimum absolute atomic E-state index is 0.219. The molecule has 0 aliphatic heterocycles. The van der Waals surface area contributed by atoms with Crippen molar-refractivity contribution in [2.24, 2.45) is 12.8 Å². The van der Waals surface area contributed by atoms with E-state index in [1.165, 1.54) is 0 Å². The first-order valence-corrected chi connectivity index (χ1v) is 5.87. The van der Waals surface area contributed by atoms with Crippen molar-refractivity contribution in [2.75, 3.05) is 6.54 Å². The van der Waals surface area contributed by atoms with Crippen LogP contribution in [0.1, 0.15) is 17.3 Å². The number of benzene rings is 1. The molecule has 0 aliphatic rings. The lowest BCUT2D eigenvalue weighted by atomic mass is 9.95. The molecule has 0 bridgehead atoms. The molecule has 2 rings (SSSR count). The van der Waals surface area contributed by atoms with Crippen LogP contribution in [0.3, 0.4) is 0 Å². The summed E-state index contributed by atoms with van der Waals surface area (Å²) >= 11 is 5.99. The molecular weight excluding hydrogens is 236 g/mol. The van der Waals surface area contributed by atoms with Crippen molar-refractivity contribution >= 4 is 11.6 Å². The standard InChI is InChI=1S/C12H15ClN4/c1-17-12(15-8-16-17)6-10(7-14)9-3-2-4-11(13)5-9/h2-5,8,10H,6-7,14H2,1H3. The van der Waals surface area contributed by atoms with E-state index in [9.17, 15) is 0 Å². The number of nitrogens with two attached hydrogens (primary N) is 1. The van der Waals surface area contributed by atoms with E-state index in [4.69, 9.17) is 17.3 Å². The predicted molar refractivity (Wildman–Crippen MR) is 68.0 cm³/mol. The second-order valence-electron chi connectivity index (χ2n) is 3.99. The first-order valence-electron chi connectivity index (χ1n) is 5.49. The zero-order valence-corrected chi connectivity index (χ0v) is 10.4. The van der Waals surface area contributed by atoms with Gasteiger partial charge in [-0.3, -0.25) is 4.68 Å². The van der Waals surface area contributed by atoms with E-state index in [2.05, 4.69) is 10.1 Å². The normalized spacial score (nSPS) is 12.6. The highest BCUT2D eigenvalue weighted by Gasteiger charge is 2.13. The number of aryl methyl sites for hydroxylation is 1. The van der Waals surface area contributed by atoms with Gasteiger partial charge in [0.15, 0.2) is 0 Å². The Morgan fingerprint density at radius 2 is 2.29 bits per heavy atom. The molecular formula is C12H15ClN4. The van der Waals surface area contributed by atoms with E-state index in [-0.39, 0.29) is 5.92 Å². The Balaban J connectivity index is 2.20.